The van der Waals surface area contributed by atoms with E-state index in [4.69, 9.17) is 4.74 Å². The highest BCUT2D eigenvalue weighted by Gasteiger charge is 1.99. The van der Waals surface area contributed by atoms with Gasteiger partial charge in [0.15, 0.2) is 0 Å². The number of rotatable bonds is 8. The SMILES string of the molecule is CCCCCCCCOc1ccc(C)cc1C. The number of ether oxygens (including phenoxy) is 1. The smallest absolute Gasteiger partial charge is 0.122 e. The molecule has 0 aliphatic rings. The van der Waals surface area contributed by atoms with E-state index in [-0.39, 0.29) is 0 Å². The van der Waals surface area contributed by atoms with Gasteiger partial charge >= 0.3 is 0 Å². The van der Waals surface area contributed by atoms with Crippen LogP contribution in [0, 0.1) is 13.8 Å². The molecule has 1 aromatic carbocycles. The number of hydrogen-bond donors (Lipinski definition) is 0. The van der Waals surface area contributed by atoms with Crippen LogP contribution in [0.15, 0.2) is 18.2 Å². The fourth-order valence-corrected chi connectivity index (χ4v) is 2.03. The first-order chi connectivity index (χ1) is 8.24. The molecule has 0 N–H and O–H groups in total. The van der Waals surface area contributed by atoms with Crippen LogP contribution in [0.3, 0.4) is 0 Å². The molecule has 0 aliphatic carbocycles. The van der Waals surface area contributed by atoms with Crippen molar-refractivity contribution >= 4 is 0 Å². The maximum atomic E-state index is 5.80. The monoisotopic (exact) mass is 234 g/mol. The number of aryl methyl sites for hydroxylation is 2. The van der Waals surface area contributed by atoms with Crippen LogP contribution in [0.5, 0.6) is 5.75 Å². The Bertz CT molecular complexity index is 317. The lowest BCUT2D eigenvalue weighted by Gasteiger charge is -2.09. The van der Waals surface area contributed by atoms with Gasteiger partial charge in [0.2, 0.25) is 0 Å². The fourth-order valence-electron chi connectivity index (χ4n) is 2.03. The largest absolute Gasteiger partial charge is 0.493 e. The maximum Gasteiger partial charge on any atom is 0.122 e. The molecule has 0 radical (unpaired) electrons. The van der Waals surface area contributed by atoms with Gasteiger partial charge < -0.3 is 4.74 Å². The zero-order valence-corrected chi connectivity index (χ0v) is 11.6. The van der Waals surface area contributed by atoms with Gasteiger partial charge in [0.05, 0.1) is 6.61 Å². The molecule has 0 fully saturated rings. The van der Waals surface area contributed by atoms with E-state index in [0.29, 0.717) is 0 Å². The van der Waals surface area contributed by atoms with E-state index in [9.17, 15) is 0 Å². The van der Waals surface area contributed by atoms with E-state index >= 15 is 0 Å². The van der Waals surface area contributed by atoms with Crippen molar-refractivity contribution in [2.24, 2.45) is 0 Å². The molecule has 17 heavy (non-hydrogen) atoms. The minimum Gasteiger partial charge on any atom is -0.493 e. The highest BCUT2D eigenvalue weighted by atomic mass is 16.5. The molecule has 0 saturated heterocycles. The van der Waals surface area contributed by atoms with Crippen molar-refractivity contribution in [3.63, 3.8) is 0 Å². The quantitative estimate of drug-likeness (QED) is 0.572. The van der Waals surface area contributed by atoms with Crippen molar-refractivity contribution in [2.45, 2.75) is 59.3 Å². The van der Waals surface area contributed by atoms with E-state index in [1.807, 2.05) is 0 Å². The lowest BCUT2D eigenvalue weighted by atomic mass is 10.1. The molecular weight excluding hydrogens is 208 g/mol. The van der Waals surface area contributed by atoms with E-state index < -0.39 is 0 Å². The van der Waals surface area contributed by atoms with Gasteiger partial charge in [0, 0.05) is 0 Å². The molecule has 0 aliphatic heterocycles. The lowest BCUT2D eigenvalue weighted by Crippen LogP contribution is -1.99. The molecule has 1 nitrogen and oxygen atoms in total. The summed E-state index contributed by atoms with van der Waals surface area (Å²) in [5, 5.41) is 0. The topological polar surface area (TPSA) is 9.23 Å². The van der Waals surface area contributed by atoms with Crippen molar-refractivity contribution in [3.05, 3.63) is 29.3 Å². The van der Waals surface area contributed by atoms with Gasteiger partial charge in [-0.3, -0.25) is 0 Å². The molecule has 1 aromatic rings. The first kappa shape index (κ1) is 14.1. The average molecular weight is 234 g/mol. The molecule has 0 unspecified atom stereocenters. The Morgan fingerprint density at radius 1 is 0.941 bits per heavy atom. The zero-order chi connectivity index (χ0) is 12.5. The number of hydrogen-bond acceptors (Lipinski definition) is 1. The Hall–Kier alpha value is -0.980. The summed E-state index contributed by atoms with van der Waals surface area (Å²) in [6.45, 7) is 7.34. The maximum absolute atomic E-state index is 5.80. The van der Waals surface area contributed by atoms with Crippen LogP contribution in [0.2, 0.25) is 0 Å². The van der Waals surface area contributed by atoms with Crippen LogP contribution >= 0.6 is 0 Å². The Morgan fingerprint density at radius 2 is 1.65 bits per heavy atom. The Labute approximate surface area is 106 Å². The van der Waals surface area contributed by atoms with Crippen LogP contribution in [0.4, 0.5) is 0 Å². The van der Waals surface area contributed by atoms with E-state index in [2.05, 4.69) is 39.0 Å². The molecule has 96 valence electrons. The molecule has 0 amide bonds. The minimum atomic E-state index is 0.857. The highest BCUT2D eigenvalue weighted by molar-refractivity contribution is 5.35. The number of benzene rings is 1. The van der Waals surface area contributed by atoms with Gasteiger partial charge in [-0.25, -0.2) is 0 Å². The summed E-state index contributed by atoms with van der Waals surface area (Å²) in [6, 6.07) is 6.38. The van der Waals surface area contributed by atoms with Crippen molar-refractivity contribution in [2.75, 3.05) is 6.61 Å². The first-order valence-corrected chi connectivity index (χ1v) is 6.94. The molecule has 1 rings (SSSR count). The fraction of sp³-hybridized carbons (Fsp3) is 0.625. The van der Waals surface area contributed by atoms with Crippen molar-refractivity contribution in [3.8, 4) is 5.75 Å². The lowest BCUT2D eigenvalue weighted by molar-refractivity contribution is 0.302. The Balaban J connectivity index is 2.14. The van der Waals surface area contributed by atoms with Crippen LogP contribution in [-0.2, 0) is 0 Å². The Kier molecular flexibility index (Phi) is 6.76. The van der Waals surface area contributed by atoms with Crippen LogP contribution in [0.25, 0.3) is 0 Å². The minimum absolute atomic E-state index is 0.857. The summed E-state index contributed by atoms with van der Waals surface area (Å²) in [7, 11) is 0. The van der Waals surface area contributed by atoms with Crippen molar-refractivity contribution in [1.82, 2.24) is 0 Å². The third-order valence-corrected chi connectivity index (χ3v) is 3.09. The van der Waals surface area contributed by atoms with Gasteiger partial charge in [0.25, 0.3) is 0 Å². The summed E-state index contributed by atoms with van der Waals surface area (Å²) in [4.78, 5) is 0. The predicted octanol–water partition coefficient (Wildman–Crippen LogP) is 5.04. The van der Waals surface area contributed by atoms with Gasteiger partial charge in [-0.1, -0.05) is 56.7 Å². The third-order valence-electron chi connectivity index (χ3n) is 3.09. The molecule has 1 heteroatoms. The molecule has 0 atom stereocenters. The standard InChI is InChI=1S/C16H26O/c1-4-5-6-7-8-9-12-17-16-11-10-14(2)13-15(16)3/h10-11,13H,4-9,12H2,1-3H3. The summed E-state index contributed by atoms with van der Waals surface area (Å²) >= 11 is 0. The van der Waals surface area contributed by atoms with Crippen LogP contribution < -0.4 is 4.74 Å². The molecule has 0 heterocycles. The van der Waals surface area contributed by atoms with Crippen molar-refractivity contribution < 1.29 is 4.74 Å². The summed E-state index contributed by atoms with van der Waals surface area (Å²) in [5.74, 6) is 1.05. The van der Waals surface area contributed by atoms with Gasteiger partial charge in [-0.15, -0.1) is 0 Å². The molecule has 0 spiro atoms. The van der Waals surface area contributed by atoms with Crippen LogP contribution in [0.1, 0.15) is 56.6 Å². The van der Waals surface area contributed by atoms with Gasteiger partial charge in [-0.05, 0) is 31.9 Å². The van der Waals surface area contributed by atoms with E-state index in [0.717, 1.165) is 12.4 Å². The highest BCUT2D eigenvalue weighted by Crippen LogP contribution is 2.19. The van der Waals surface area contributed by atoms with Gasteiger partial charge in [0.1, 0.15) is 5.75 Å². The molecule has 0 bridgehead atoms. The molecule has 0 saturated carbocycles. The second-order valence-electron chi connectivity index (χ2n) is 4.89. The molecular formula is C16H26O. The average Bonchev–Trinajstić information content (AvgIpc) is 2.30. The predicted molar refractivity (Wildman–Crippen MR) is 74.8 cm³/mol. The van der Waals surface area contributed by atoms with Gasteiger partial charge in [-0.2, -0.15) is 0 Å². The summed E-state index contributed by atoms with van der Waals surface area (Å²) in [6.07, 6.45) is 7.89. The number of unbranched alkanes of at least 4 members (excludes halogenated alkanes) is 5. The summed E-state index contributed by atoms with van der Waals surface area (Å²) < 4.78 is 5.80. The third kappa shape index (κ3) is 5.76. The van der Waals surface area contributed by atoms with Crippen molar-refractivity contribution in [1.29, 1.82) is 0 Å². The summed E-state index contributed by atoms with van der Waals surface area (Å²) in [5.41, 5.74) is 2.55. The second kappa shape index (κ2) is 8.16. The Morgan fingerprint density at radius 3 is 2.35 bits per heavy atom. The van der Waals surface area contributed by atoms with E-state index in [1.165, 1.54) is 49.7 Å². The zero-order valence-electron chi connectivity index (χ0n) is 11.6. The van der Waals surface area contributed by atoms with Crippen LogP contribution in [-0.4, -0.2) is 6.61 Å². The first-order valence-electron chi connectivity index (χ1n) is 6.94. The molecule has 0 aromatic heterocycles. The van der Waals surface area contributed by atoms with E-state index in [1.54, 1.807) is 0 Å². The second-order valence-corrected chi connectivity index (χ2v) is 4.89. The normalized spacial score (nSPS) is 10.5.